The van der Waals surface area contributed by atoms with Crippen LogP contribution in [0, 0.1) is 0 Å². The van der Waals surface area contributed by atoms with Crippen LogP contribution < -0.4 is 0 Å². The van der Waals surface area contributed by atoms with Crippen LogP contribution in [-0.4, -0.2) is 24.9 Å². The maximum atomic E-state index is 5.78. The van der Waals surface area contributed by atoms with Crippen LogP contribution >= 0.6 is 0 Å². The lowest BCUT2D eigenvalue weighted by Crippen LogP contribution is -2.31. The third kappa shape index (κ3) is 2.32. The van der Waals surface area contributed by atoms with E-state index in [1.807, 2.05) is 0 Å². The van der Waals surface area contributed by atoms with Gasteiger partial charge in [0, 0.05) is 19.4 Å². The van der Waals surface area contributed by atoms with E-state index in [4.69, 9.17) is 9.47 Å². The van der Waals surface area contributed by atoms with E-state index >= 15 is 0 Å². The minimum atomic E-state index is 0.338. The number of unbranched alkanes of at least 4 members (excludes halogenated alkanes) is 1. The molecule has 2 aliphatic heterocycles. The van der Waals surface area contributed by atoms with Crippen molar-refractivity contribution in [1.82, 2.24) is 0 Å². The lowest BCUT2D eigenvalue weighted by Gasteiger charge is -2.28. The Kier molecular flexibility index (Phi) is 3.01. The van der Waals surface area contributed by atoms with Gasteiger partial charge < -0.3 is 9.47 Å². The van der Waals surface area contributed by atoms with Gasteiger partial charge in [-0.1, -0.05) is 25.5 Å². The molecule has 0 amide bonds. The molecule has 0 aromatic heterocycles. The van der Waals surface area contributed by atoms with Gasteiger partial charge in [0.25, 0.3) is 0 Å². The molecule has 2 nitrogen and oxygen atoms in total. The summed E-state index contributed by atoms with van der Waals surface area (Å²) >= 11 is 0. The van der Waals surface area contributed by atoms with Crippen LogP contribution in [0.5, 0.6) is 0 Å². The molecule has 1 fully saturated rings. The maximum absolute atomic E-state index is 5.78. The molecule has 1 saturated heterocycles. The molecule has 0 radical (unpaired) electrons. The highest BCUT2D eigenvalue weighted by Crippen LogP contribution is 2.28. The first-order valence-electron chi connectivity index (χ1n) is 5.34. The molecule has 0 spiro atoms. The van der Waals surface area contributed by atoms with Gasteiger partial charge in [-0.3, -0.25) is 0 Å². The van der Waals surface area contributed by atoms with Crippen LogP contribution in [0.15, 0.2) is 12.2 Å². The summed E-state index contributed by atoms with van der Waals surface area (Å²) in [4.78, 5) is 0. The molecule has 0 saturated carbocycles. The predicted molar refractivity (Wildman–Crippen MR) is 51.7 cm³/mol. The highest BCUT2D eigenvalue weighted by molar-refractivity contribution is 5.06. The van der Waals surface area contributed by atoms with E-state index in [2.05, 4.69) is 19.1 Å². The van der Waals surface area contributed by atoms with Crippen molar-refractivity contribution in [2.45, 2.75) is 50.9 Å². The summed E-state index contributed by atoms with van der Waals surface area (Å²) in [7, 11) is 0. The Balaban J connectivity index is 1.71. The second-order valence-corrected chi connectivity index (χ2v) is 3.92. The van der Waals surface area contributed by atoms with Gasteiger partial charge in [0.1, 0.15) is 0 Å². The largest absolute Gasteiger partial charge is 0.378 e. The van der Waals surface area contributed by atoms with Gasteiger partial charge in [0.2, 0.25) is 0 Å². The number of hydrogen-bond acceptors (Lipinski definition) is 2. The van der Waals surface area contributed by atoms with Crippen molar-refractivity contribution in [3.8, 4) is 0 Å². The van der Waals surface area contributed by atoms with Crippen molar-refractivity contribution in [3.63, 3.8) is 0 Å². The van der Waals surface area contributed by atoms with Gasteiger partial charge in [-0.05, 0) is 6.42 Å². The summed E-state index contributed by atoms with van der Waals surface area (Å²) in [6.07, 6.45) is 9.96. The van der Waals surface area contributed by atoms with E-state index in [1.165, 1.54) is 12.8 Å². The molecule has 2 aliphatic rings. The van der Waals surface area contributed by atoms with Crippen LogP contribution in [-0.2, 0) is 9.47 Å². The van der Waals surface area contributed by atoms with E-state index in [-0.39, 0.29) is 0 Å². The fourth-order valence-electron chi connectivity index (χ4n) is 1.98. The highest BCUT2D eigenvalue weighted by Gasteiger charge is 2.31. The standard InChI is InChI=1S/C11H18O2/c1-2-3-6-12-11-7-9-4-5-10(8-11)13-9/h4-5,9-11H,2-3,6-8H2,1H3/t9-,10+,11?. The topological polar surface area (TPSA) is 18.5 Å². The summed E-state index contributed by atoms with van der Waals surface area (Å²) in [6, 6.07) is 0. The number of hydrogen-bond donors (Lipinski definition) is 0. The van der Waals surface area contributed by atoms with E-state index in [9.17, 15) is 0 Å². The molecule has 74 valence electrons. The summed E-state index contributed by atoms with van der Waals surface area (Å²) in [6.45, 7) is 3.11. The van der Waals surface area contributed by atoms with E-state index < -0.39 is 0 Å². The number of rotatable bonds is 4. The van der Waals surface area contributed by atoms with Crippen molar-refractivity contribution in [1.29, 1.82) is 0 Å². The Morgan fingerprint density at radius 1 is 1.31 bits per heavy atom. The van der Waals surface area contributed by atoms with Crippen LogP contribution in [0.1, 0.15) is 32.6 Å². The fourth-order valence-corrected chi connectivity index (χ4v) is 1.98. The Morgan fingerprint density at radius 3 is 2.62 bits per heavy atom. The van der Waals surface area contributed by atoms with Crippen molar-refractivity contribution >= 4 is 0 Å². The Hall–Kier alpha value is -0.340. The summed E-state index contributed by atoms with van der Waals surface area (Å²) in [5, 5.41) is 0. The normalized spacial score (nSPS) is 36.8. The van der Waals surface area contributed by atoms with Gasteiger partial charge in [-0.2, -0.15) is 0 Å². The third-order valence-corrected chi connectivity index (χ3v) is 2.73. The van der Waals surface area contributed by atoms with Gasteiger partial charge >= 0.3 is 0 Å². The second-order valence-electron chi connectivity index (χ2n) is 3.92. The van der Waals surface area contributed by atoms with Crippen molar-refractivity contribution in [2.24, 2.45) is 0 Å². The summed E-state index contributed by atoms with van der Waals surface area (Å²) in [5.41, 5.74) is 0. The zero-order chi connectivity index (χ0) is 9.10. The van der Waals surface area contributed by atoms with Gasteiger partial charge in [-0.25, -0.2) is 0 Å². The number of ether oxygens (including phenoxy) is 2. The summed E-state index contributed by atoms with van der Waals surface area (Å²) in [5.74, 6) is 0. The molecule has 2 heteroatoms. The van der Waals surface area contributed by atoms with Crippen molar-refractivity contribution in [2.75, 3.05) is 6.61 Å². The minimum Gasteiger partial charge on any atom is -0.378 e. The van der Waals surface area contributed by atoms with E-state index in [0.29, 0.717) is 18.3 Å². The van der Waals surface area contributed by atoms with Crippen molar-refractivity contribution < 1.29 is 9.47 Å². The molecule has 0 aliphatic carbocycles. The molecule has 3 atom stereocenters. The second kappa shape index (κ2) is 4.25. The Bertz CT molecular complexity index is 175. The lowest BCUT2D eigenvalue weighted by molar-refractivity contribution is -0.0714. The molecular weight excluding hydrogens is 164 g/mol. The first kappa shape index (κ1) is 9.22. The maximum Gasteiger partial charge on any atom is 0.0789 e. The Labute approximate surface area is 79.9 Å². The average Bonchev–Trinajstić information content (AvgIpc) is 2.46. The van der Waals surface area contributed by atoms with Crippen LogP contribution in [0.2, 0.25) is 0 Å². The SMILES string of the molecule is CCCCOC1C[C@H]2C=C[C@@H](C1)O2. The predicted octanol–water partition coefficient (Wildman–Crippen LogP) is 2.29. The zero-order valence-electron chi connectivity index (χ0n) is 8.24. The molecular formula is C11H18O2. The monoisotopic (exact) mass is 182 g/mol. The lowest BCUT2D eigenvalue weighted by atomic mass is 10.1. The highest BCUT2D eigenvalue weighted by atomic mass is 16.5. The van der Waals surface area contributed by atoms with Crippen LogP contribution in [0.25, 0.3) is 0 Å². The first-order valence-corrected chi connectivity index (χ1v) is 5.34. The van der Waals surface area contributed by atoms with E-state index in [0.717, 1.165) is 19.4 Å². The van der Waals surface area contributed by atoms with Crippen molar-refractivity contribution in [3.05, 3.63) is 12.2 Å². The molecule has 2 rings (SSSR count). The third-order valence-electron chi connectivity index (χ3n) is 2.73. The fraction of sp³-hybridized carbons (Fsp3) is 0.818. The van der Waals surface area contributed by atoms with Gasteiger partial charge in [-0.15, -0.1) is 0 Å². The molecule has 13 heavy (non-hydrogen) atoms. The molecule has 0 aromatic rings. The average molecular weight is 182 g/mol. The number of fused-ring (bicyclic) bond motifs is 2. The van der Waals surface area contributed by atoms with Gasteiger partial charge in [0.15, 0.2) is 0 Å². The van der Waals surface area contributed by atoms with Crippen LogP contribution in [0.4, 0.5) is 0 Å². The smallest absolute Gasteiger partial charge is 0.0789 e. The van der Waals surface area contributed by atoms with Gasteiger partial charge in [0.05, 0.1) is 18.3 Å². The molecule has 2 heterocycles. The zero-order valence-corrected chi connectivity index (χ0v) is 8.24. The first-order chi connectivity index (χ1) is 6.38. The minimum absolute atomic E-state index is 0.338. The summed E-state index contributed by atoms with van der Waals surface area (Å²) < 4.78 is 11.4. The molecule has 0 N–H and O–H groups in total. The molecule has 2 bridgehead atoms. The molecule has 1 unspecified atom stereocenters. The van der Waals surface area contributed by atoms with Crippen LogP contribution in [0.3, 0.4) is 0 Å². The Morgan fingerprint density at radius 2 is 2.00 bits per heavy atom. The quantitative estimate of drug-likeness (QED) is 0.490. The molecule has 0 aromatic carbocycles. The van der Waals surface area contributed by atoms with E-state index in [1.54, 1.807) is 0 Å².